The van der Waals surface area contributed by atoms with E-state index in [-0.39, 0.29) is 23.6 Å². The number of nitro groups is 1. The second kappa shape index (κ2) is 7.25. The van der Waals surface area contributed by atoms with Gasteiger partial charge in [0.25, 0.3) is 5.69 Å². The lowest BCUT2D eigenvalue weighted by molar-refractivity contribution is -0.384. The van der Waals surface area contributed by atoms with Gasteiger partial charge in [-0.2, -0.15) is 0 Å². The molecule has 8 nitrogen and oxygen atoms in total. The van der Waals surface area contributed by atoms with E-state index in [1.807, 2.05) is 0 Å². The van der Waals surface area contributed by atoms with E-state index >= 15 is 0 Å². The summed E-state index contributed by atoms with van der Waals surface area (Å²) in [5, 5.41) is 20.7. The highest BCUT2D eigenvalue weighted by Crippen LogP contribution is 2.40. The molecule has 0 radical (unpaired) electrons. The van der Waals surface area contributed by atoms with Crippen LogP contribution in [0.1, 0.15) is 32.3 Å². The van der Waals surface area contributed by atoms with Crippen LogP contribution in [0.25, 0.3) is 0 Å². The summed E-state index contributed by atoms with van der Waals surface area (Å²) in [5.74, 6) is -3.68. The SMILES string of the molecule is CCOC(=O)C1C(C)=NC(C)=C(C(=O)O)[C@@H]1c1cccc([N+](=O)[O-])c1. The number of aliphatic carboxylic acids is 1. The van der Waals surface area contributed by atoms with Crippen molar-refractivity contribution in [3.63, 3.8) is 0 Å². The number of rotatable bonds is 5. The van der Waals surface area contributed by atoms with Crippen molar-refractivity contribution >= 4 is 23.3 Å². The molecule has 1 N–H and O–H groups in total. The summed E-state index contributed by atoms with van der Waals surface area (Å²) in [4.78, 5) is 38.9. The van der Waals surface area contributed by atoms with E-state index < -0.39 is 28.7 Å². The lowest BCUT2D eigenvalue weighted by atomic mass is 9.75. The monoisotopic (exact) mass is 346 g/mol. The van der Waals surface area contributed by atoms with Crippen molar-refractivity contribution in [2.45, 2.75) is 26.7 Å². The van der Waals surface area contributed by atoms with Gasteiger partial charge in [-0.3, -0.25) is 19.9 Å². The van der Waals surface area contributed by atoms with Gasteiger partial charge in [0, 0.05) is 29.5 Å². The number of carboxylic acids is 1. The second-order valence-electron chi connectivity index (χ2n) is 5.62. The molecule has 1 aliphatic heterocycles. The highest BCUT2D eigenvalue weighted by atomic mass is 16.6. The Kier molecular flexibility index (Phi) is 5.31. The number of benzene rings is 1. The number of allylic oxidation sites excluding steroid dienone is 1. The lowest BCUT2D eigenvalue weighted by Gasteiger charge is -2.30. The standard InChI is InChI=1S/C17H18N2O6/c1-4-25-17(22)14-10(3)18-9(2)13(16(20)21)15(14)11-6-5-7-12(8-11)19(23)24/h5-8,14-15H,4H2,1-3H3,(H,20,21)/t14?,15-/m0/s1. The number of carbonyl (C=O) groups excluding carboxylic acids is 1. The first-order valence-corrected chi connectivity index (χ1v) is 7.68. The van der Waals surface area contributed by atoms with Gasteiger partial charge in [-0.1, -0.05) is 12.1 Å². The summed E-state index contributed by atoms with van der Waals surface area (Å²) in [6, 6.07) is 5.62. The van der Waals surface area contributed by atoms with E-state index in [1.54, 1.807) is 26.8 Å². The third-order valence-corrected chi connectivity index (χ3v) is 4.04. The maximum Gasteiger partial charge on any atom is 0.334 e. The van der Waals surface area contributed by atoms with Gasteiger partial charge in [0.1, 0.15) is 5.92 Å². The van der Waals surface area contributed by atoms with Crippen LogP contribution in [-0.4, -0.2) is 34.3 Å². The van der Waals surface area contributed by atoms with Crippen LogP contribution >= 0.6 is 0 Å². The Labute approximate surface area is 144 Å². The molecule has 0 aromatic heterocycles. The second-order valence-corrected chi connectivity index (χ2v) is 5.62. The summed E-state index contributed by atoms with van der Waals surface area (Å²) in [7, 11) is 0. The number of aliphatic imine (C=N–C) groups is 1. The first-order chi connectivity index (χ1) is 11.8. The maximum atomic E-state index is 12.4. The van der Waals surface area contributed by atoms with Gasteiger partial charge in [-0.05, 0) is 26.3 Å². The van der Waals surface area contributed by atoms with Crippen LogP contribution in [0.2, 0.25) is 0 Å². The van der Waals surface area contributed by atoms with E-state index in [0.29, 0.717) is 11.3 Å². The fourth-order valence-corrected chi connectivity index (χ4v) is 3.04. The number of non-ortho nitro benzene ring substituents is 1. The molecule has 0 bridgehead atoms. The van der Waals surface area contributed by atoms with Crippen molar-refractivity contribution < 1.29 is 24.4 Å². The zero-order valence-corrected chi connectivity index (χ0v) is 14.1. The Balaban J connectivity index is 2.66. The summed E-state index contributed by atoms with van der Waals surface area (Å²) >= 11 is 0. The van der Waals surface area contributed by atoms with Crippen molar-refractivity contribution in [2.75, 3.05) is 6.61 Å². The van der Waals surface area contributed by atoms with Gasteiger partial charge in [-0.25, -0.2) is 4.79 Å². The van der Waals surface area contributed by atoms with Gasteiger partial charge in [0.05, 0.1) is 17.1 Å². The molecule has 132 valence electrons. The number of hydrogen-bond acceptors (Lipinski definition) is 6. The van der Waals surface area contributed by atoms with Crippen LogP contribution in [0.4, 0.5) is 5.69 Å². The van der Waals surface area contributed by atoms with Crippen LogP contribution in [0.5, 0.6) is 0 Å². The molecule has 0 amide bonds. The molecule has 0 aliphatic carbocycles. The third kappa shape index (κ3) is 3.57. The number of carbonyl (C=O) groups is 2. The molecule has 1 aromatic carbocycles. The van der Waals surface area contributed by atoms with Gasteiger partial charge in [0.2, 0.25) is 0 Å². The Morgan fingerprint density at radius 1 is 1.36 bits per heavy atom. The average molecular weight is 346 g/mol. The fourth-order valence-electron chi connectivity index (χ4n) is 3.04. The topological polar surface area (TPSA) is 119 Å². The molecule has 2 rings (SSSR count). The smallest absolute Gasteiger partial charge is 0.334 e. The molecule has 1 heterocycles. The highest BCUT2D eigenvalue weighted by molar-refractivity contribution is 6.06. The molecule has 25 heavy (non-hydrogen) atoms. The van der Waals surface area contributed by atoms with Crippen molar-refractivity contribution in [2.24, 2.45) is 10.9 Å². The Bertz CT molecular complexity index is 796. The maximum absolute atomic E-state index is 12.4. The quantitative estimate of drug-likeness (QED) is 0.497. The van der Waals surface area contributed by atoms with E-state index in [2.05, 4.69) is 4.99 Å². The summed E-state index contributed by atoms with van der Waals surface area (Å²) in [6.45, 7) is 4.94. The van der Waals surface area contributed by atoms with E-state index in [4.69, 9.17) is 4.74 Å². The van der Waals surface area contributed by atoms with E-state index in [1.165, 1.54) is 18.2 Å². The van der Waals surface area contributed by atoms with Crippen molar-refractivity contribution in [3.05, 3.63) is 51.2 Å². The molecular weight excluding hydrogens is 328 g/mol. The predicted octanol–water partition coefficient (Wildman–Crippen LogP) is 2.69. The van der Waals surface area contributed by atoms with Crippen LogP contribution in [0, 0.1) is 16.0 Å². The average Bonchev–Trinajstić information content (AvgIpc) is 2.53. The van der Waals surface area contributed by atoms with Crippen molar-refractivity contribution in [1.82, 2.24) is 0 Å². The minimum absolute atomic E-state index is 0.0656. The fraction of sp³-hybridized carbons (Fsp3) is 0.353. The van der Waals surface area contributed by atoms with Gasteiger partial charge in [0.15, 0.2) is 0 Å². The van der Waals surface area contributed by atoms with Crippen LogP contribution < -0.4 is 0 Å². The molecule has 0 saturated carbocycles. The third-order valence-electron chi connectivity index (χ3n) is 4.04. The molecule has 8 heteroatoms. The molecule has 1 unspecified atom stereocenters. The number of hydrogen-bond donors (Lipinski definition) is 1. The molecule has 0 spiro atoms. The molecular formula is C17H18N2O6. The van der Waals surface area contributed by atoms with Gasteiger partial charge < -0.3 is 9.84 Å². The minimum atomic E-state index is -1.22. The normalized spacial score (nSPS) is 20.0. The van der Waals surface area contributed by atoms with E-state index in [0.717, 1.165) is 0 Å². The molecule has 0 fully saturated rings. The van der Waals surface area contributed by atoms with Crippen molar-refractivity contribution in [3.8, 4) is 0 Å². The summed E-state index contributed by atoms with van der Waals surface area (Å²) < 4.78 is 5.08. The molecule has 0 saturated heterocycles. The Morgan fingerprint density at radius 2 is 2.04 bits per heavy atom. The lowest BCUT2D eigenvalue weighted by Crippen LogP contribution is -2.36. The first kappa shape index (κ1) is 18.3. The number of ether oxygens (including phenoxy) is 1. The van der Waals surface area contributed by atoms with Gasteiger partial charge >= 0.3 is 11.9 Å². The number of esters is 1. The summed E-state index contributed by atoms with van der Waals surface area (Å²) in [5.41, 5.74) is 0.796. The number of nitrogens with zero attached hydrogens (tertiary/aromatic N) is 2. The molecule has 1 aromatic rings. The van der Waals surface area contributed by atoms with Crippen LogP contribution in [0.3, 0.4) is 0 Å². The summed E-state index contributed by atoms with van der Waals surface area (Å²) in [6.07, 6.45) is 0. The Hall–Kier alpha value is -3.03. The predicted molar refractivity (Wildman–Crippen MR) is 89.4 cm³/mol. The van der Waals surface area contributed by atoms with Crippen LogP contribution in [0.15, 0.2) is 40.5 Å². The number of nitro benzene ring substituents is 1. The number of carboxylic acid groups (broad SMARTS) is 1. The molecule has 1 aliphatic rings. The molecule has 2 atom stereocenters. The zero-order chi connectivity index (χ0) is 18.7. The Morgan fingerprint density at radius 3 is 2.60 bits per heavy atom. The largest absolute Gasteiger partial charge is 0.478 e. The van der Waals surface area contributed by atoms with Gasteiger partial charge in [-0.15, -0.1) is 0 Å². The van der Waals surface area contributed by atoms with E-state index in [9.17, 15) is 24.8 Å². The van der Waals surface area contributed by atoms with Crippen molar-refractivity contribution in [1.29, 1.82) is 0 Å². The van der Waals surface area contributed by atoms with Crippen LogP contribution in [-0.2, 0) is 14.3 Å². The first-order valence-electron chi connectivity index (χ1n) is 7.68. The zero-order valence-electron chi connectivity index (χ0n) is 14.1. The highest BCUT2D eigenvalue weighted by Gasteiger charge is 2.42. The minimum Gasteiger partial charge on any atom is -0.478 e.